The van der Waals surface area contributed by atoms with Gasteiger partial charge in [-0.15, -0.1) is 0 Å². The Morgan fingerprint density at radius 1 is 0.538 bits per heavy atom. The molecule has 0 aliphatic heterocycles. The van der Waals surface area contributed by atoms with Gasteiger partial charge in [-0.1, -0.05) is 71.9 Å². The highest BCUT2D eigenvalue weighted by molar-refractivity contribution is 5.69. The van der Waals surface area contributed by atoms with Gasteiger partial charge in [0.05, 0.1) is 11.4 Å². The molecule has 0 aliphatic rings. The lowest BCUT2D eigenvalue weighted by Crippen LogP contribution is -2.13. The molecule has 0 aliphatic carbocycles. The van der Waals surface area contributed by atoms with E-state index >= 15 is 0 Å². The van der Waals surface area contributed by atoms with Crippen LogP contribution >= 0.6 is 0 Å². The minimum absolute atomic E-state index is 0.0379. The molecule has 0 saturated carbocycles. The van der Waals surface area contributed by atoms with Gasteiger partial charge in [-0.3, -0.25) is 9.97 Å². The molecule has 0 atom stereocenters. The average molecular weight is 345 g/mol. The molecule has 2 heteroatoms. The van der Waals surface area contributed by atoms with Crippen molar-refractivity contribution in [1.29, 1.82) is 0 Å². The fraction of sp³-hybridized carbons (Fsp3) is 0.333. The van der Waals surface area contributed by atoms with Crippen LogP contribution in [0, 0.1) is 0 Å². The van der Waals surface area contributed by atoms with Crippen LogP contribution in [0.25, 0.3) is 22.5 Å². The van der Waals surface area contributed by atoms with E-state index in [9.17, 15) is 0 Å². The number of hydrogen-bond acceptors (Lipinski definition) is 2. The van der Waals surface area contributed by atoms with Gasteiger partial charge in [0.15, 0.2) is 0 Å². The van der Waals surface area contributed by atoms with Gasteiger partial charge >= 0.3 is 0 Å². The van der Waals surface area contributed by atoms with E-state index < -0.39 is 0 Å². The van der Waals surface area contributed by atoms with Gasteiger partial charge in [-0.2, -0.15) is 0 Å². The summed E-state index contributed by atoms with van der Waals surface area (Å²) < 4.78 is 0. The Morgan fingerprint density at radius 3 is 1.31 bits per heavy atom. The number of hydrogen-bond donors (Lipinski definition) is 0. The van der Waals surface area contributed by atoms with Crippen molar-refractivity contribution >= 4 is 0 Å². The SMILES string of the molecule is CC(C)(C)c1cccc(-c2cccc(-c3cccc(C(C)(C)C)n3)c2)n1. The largest absolute Gasteiger partial charge is 0.252 e. The second-order valence-electron chi connectivity index (χ2n) is 8.90. The Morgan fingerprint density at radius 2 is 0.923 bits per heavy atom. The van der Waals surface area contributed by atoms with Crippen molar-refractivity contribution in [3.63, 3.8) is 0 Å². The number of rotatable bonds is 2. The highest BCUT2D eigenvalue weighted by Crippen LogP contribution is 2.28. The van der Waals surface area contributed by atoms with Gasteiger partial charge in [0, 0.05) is 33.3 Å². The monoisotopic (exact) mass is 344 g/mol. The predicted molar refractivity (Wildman–Crippen MR) is 110 cm³/mol. The minimum Gasteiger partial charge on any atom is -0.252 e. The quantitative estimate of drug-likeness (QED) is 0.537. The average Bonchev–Trinajstić information content (AvgIpc) is 2.61. The molecule has 0 saturated heterocycles. The highest BCUT2D eigenvalue weighted by Gasteiger charge is 2.17. The number of nitrogens with zero attached hydrogens (tertiary/aromatic N) is 2. The Kier molecular flexibility index (Phi) is 4.70. The first kappa shape index (κ1) is 18.3. The second kappa shape index (κ2) is 6.68. The Labute approximate surface area is 157 Å². The van der Waals surface area contributed by atoms with Gasteiger partial charge in [-0.05, 0) is 30.3 Å². The zero-order chi connectivity index (χ0) is 18.9. The van der Waals surface area contributed by atoms with Crippen molar-refractivity contribution in [2.24, 2.45) is 0 Å². The fourth-order valence-corrected chi connectivity index (χ4v) is 2.86. The van der Waals surface area contributed by atoms with E-state index in [1.165, 1.54) is 0 Å². The van der Waals surface area contributed by atoms with Crippen molar-refractivity contribution in [3.8, 4) is 22.5 Å². The third kappa shape index (κ3) is 4.01. The molecule has 0 N–H and O–H groups in total. The van der Waals surface area contributed by atoms with Crippen LogP contribution in [0.15, 0.2) is 60.7 Å². The Balaban J connectivity index is 2.03. The zero-order valence-electron chi connectivity index (χ0n) is 16.7. The first-order chi connectivity index (χ1) is 12.1. The lowest BCUT2D eigenvalue weighted by atomic mass is 9.91. The van der Waals surface area contributed by atoms with E-state index in [0.717, 1.165) is 33.9 Å². The van der Waals surface area contributed by atoms with Gasteiger partial charge in [0.2, 0.25) is 0 Å². The fourth-order valence-electron chi connectivity index (χ4n) is 2.86. The van der Waals surface area contributed by atoms with Crippen LogP contribution < -0.4 is 0 Å². The van der Waals surface area contributed by atoms with Crippen molar-refractivity contribution in [2.45, 2.75) is 52.4 Å². The van der Waals surface area contributed by atoms with E-state index in [-0.39, 0.29) is 10.8 Å². The molecule has 2 nitrogen and oxygen atoms in total. The second-order valence-corrected chi connectivity index (χ2v) is 8.90. The molecule has 0 bridgehead atoms. The van der Waals surface area contributed by atoms with Crippen molar-refractivity contribution in [3.05, 3.63) is 72.1 Å². The first-order valence-electron chi connectivity index (χ1n) is 9.20. The van der Waals surface area contributed by atoms with E-state index in [1.807, 2.05) is 0 Å². The summed E-state index contributed by atoms with van der Waals surface area (Å²) in [6.07, 6.45) is 0. The van der Waals surface area contributed by atoms with Crippen molar-refractivity contribution in [2.75, 3.05) is 0 Å². The lowest BCUT2D eigenvalue weighted by molar-refractivity contribution is 0.569. The predicted octanol–water partition coefficient (Wildman–Crippen LogP) is 6.41. The molecule has 0 unspecified atom stereocenters. The molecule has 0 radical (unpaired) electrons. The summed E-state index contributed by atoms with van der Waals surface area (Å²) in [5.41, 5.74) is 6.54. The Bertz CT molecular complexity index is 839. The van der Waals surface area contributed by atoms with Crippen LogP contribution in [0.3, 0.4) is 0 Å². The smallest absolute Gasteiger partial charge is 0.0705 e. The number of aromatic nitrogens is 2. The van der Waals surface area contributed by atoms with E-state index in [0.29, 0.717) is 0 Å². The summed E-state index contributed by atoms with van der Waals surface area (Å²) in [7, 11) is 0. The first-order valence-corrected chi connectivity index (χ1v) is 9.20. The summed E-state index contributed by atoms with van der Waals surface area (Å²) in [5.74, 6) is 0. The highest BCUT2D eigenvalue weighted by atomic mass is 14.7. The summed E-state index contributed by atoms with van der Waals surface area (Å²) in [6.45, 7) is 13.2. The molecule has 0 amide bonds. The topological polar surface area (TPSA) is 25.8 Å². The van der Waals surface area contributed by atoms with Crippen LogP contribution in [-0.4, -0.2) is 9.97 Å². The van der Waals surface area contributed by atoms with Gasteiger partial charge in [0.1, 0.15) is 0 Å². The summed E-state index contributed by atoms with van der Waals surface area (Å²) in [4.78, 5) is 9.77. The molecule has 26 heavy (non-hydrogen) atoms. The molecule has 0 fully saturated rings. The maximum atomic E-state index is 4.89. The molecule has 2 aromatic heterocycles. The van der Waals surface area contributed by atoms with Crippen LogP contribution in [0.2, 0.25) is 0 Å². The van der Waals surface area contributed by atoms with E-state index in [1.54, 1.807) is 0 Å². The Hall–Kier alpha value is -2.48. The molecule has 134 valence electrons. The van der Waals surface area contributed by atoms with Gasteiger partial charge in [-0.25, -0.2) is 0 Å². The van der Waals surface area contributed by atoms with Gasteiger partial charge < -0.3 is 0 Å². The third-order valence-corrected chi connectivity index (χ3v) is 4.49. The molecule has 2 heterocycles. The third-order valence-electron chi connectivity index (χ3n) is 4.49. The van der Waals surface area contributed by atoms with Crippen LogP contribution in [0.4, 0.5) is 0 Å². The molecular formula is C24H28N2. The molecule has 3 aromatic rings. The normalized spacial score (nSPS) is 12.2. The maximum Gasteiger partial charge on any atom is 0.0705 e. The molecule has 0 spiro atoms. The van der Waals surface area contributed by atoms with Crippen molar-refractivity contribution in [1.82, 2.24) is 9.97 Å². The zero-order valence-corrected chi connectivity index (χ0v) is 16.7. The van der Waals surface area contributed by atoms with Gasteiger partial charge in [0.25, 0.3) is 0 Å². The summed E-state index contributed by atoms with van der Waals surface area (Å²) >= 11 is 0. The summed E-state index contributed by atoms with van der Waals surface area (Å²) in [6, 6.07) is 21.0. The standard InChI is InChI=1S/C24H28N2/c1-23(2,3)21-14-8-12-19(25-21)17-10-7-11-18(16-17)20-13-9-15-22(26-20)24(4,5)6/h7-16H,1-6H3. The lowest BCUT2D eigenvalue weighted by Gasteiger charge is -2.19. The van der Waals surface area contributed by atoms with E-state index in [4.69, 9.17) is 9.97 Å². The molecule has 3 rings (SSSR count). The number of pyridine rings is 2. The maximum absolute atomic E-state index is 4.89. The van der Waals surface area contributed by atoms with Crippen molar-refractivity contribution < 1.29 is 0 Å². The minimum atomic E-state index is 0.0379. The molecular weight excluding hydrogens is 316 g/mol. The van der Waals surface area contributed by atoms with Crippen LogP contribution in [0.5, 0.6) is 0 Å². The van der Waals surface area contributed by atoms with Crippen LogP contribution in [-0.2, 0) is 10.8 Å². The number of benzene rings is 1. The van der Waals surface area contributed by atoms with E-state index in [2.05, 4.69) is 102 Å². The van der Waals surface area contributed by atoms with Crippen LogP contribution in [0.1, 0.15) is 52.9 Å². The molecule has 1 aromatic carbocycles. The summed E-state index contributed by atoms with van der Waals surface area (Å²) in [5, 5.41) is 0.